The van der Waals surface area contributed by atoms with Gasteiger partial charge in [-0.3, -0.25) is 4.79 Å². The largest absolute Gasteiger partial charge is 0.492 e. The van der Waals surface area contributed by atoms with E-state index in [2.05, 4.69) is 29.6 Å². The highest BCUT2D eigenvalue weighted by molar-refractivity contribution is 5.96. The Labute approximate surface area is 151 Å². The zero-order valence-corrected chi connectivity index (χ0v) is 15.1. The number of anilines is 1. The zero-order valence-electron chi connectivity index (χ0n) is 15.1. The molecule has 2 aliphatic rings. The van der Waals surface area contributed by atoms with E-state index < -0.39 is 0 Å². The van der Waals surface area contributed by atoms with E-state index in [9.17, 15) is 4.79 Å². The minimum atomic E-state index is 0.150. The van der Waals surface area contributed by atoms with Crippen LogP contribution in [-0.4, -0.2) is 12.5 Å². The van der Waals surface area contributed by atoms with Gasteiger partial charge in [-0.2, -0.15) is 0 Å². The molecule has 1 saturated carbocycles. The summed E-state index contributed by atoms with van der Waals surface area (Å²) >= 11 is 0. The van der Waals surface area contributed by atoms with Crippen molar-refractivity contribution in [1.29, 1.82) is 0 Å². The average molecular weight is 339 g/mol. The number of allylic oxidation sites excluding steroid dienone is 4. The first-order chi connectivity index (χ1) is 12.3. The molecule has 3 rings (SSSR count). The summed E-state index contributed by atoms with van der Waals surface area (Å²) in [5.74, 6) is 2.11. The lowest BCUT2D eigenvalue weighted by Gasteiger charge is -2.11. The van der Waals surface area contributed by atoms with Crippen LogP contribution in [-0.2, 0) is 4.79 Å². The SMILES string of the molecule is CCOc1ccccc1NC(=O)C1[C@@H]2CC/C=C\CC/C=C/CC[C@@H]12. The van der Waals surface area contributed by atoms with Crippen LogP contribution in [0.25, 0.3) is 0 Å². The van der Waals surface area contributed by atoms with Gasteiger partial charge >= 0.3 is 0 Å². The molecule has 0 aliphatic heterocycles. The summed E-state index contributed by atoms with van der Waals surface area (Å²) in [5.41, 5.74) is 0.788. The van der Waals surface area contributed by atoms with Crippen LogP contribution in [0.15, 0.2) is 48.6 Å². The standard InChI is InChI=1S/C22H29NO2/c1-2-25-20-16-12-11-15-19(20)23-22(24)21-17-13-9-7-5-3-4-6-8-10-14-18(17)21/h5-8,11-12,15-18,21H,2-4,9-10,13-14H2,1H3,(H,23,24)/b7-5-,8-6+/t17-,18-,21?/m1/s1. The highest BCUT2D eigenvalue weighted by Gasteiger charge is 2.52. The number of hydrogen-bond donors (Lipinski definition) is 1. The predicted molar refractivity (Wildman–Crippen MR) is 103 cm³/mol. The Morgan fingerprint density at radius 3 is 2.24 bits per heavy atom. The Morgan fingerprint density at radius 1 is 1.00 bits per heavy atom. The van der Waals surface area contributed by atoms with Gasteiger partial charge in [0.25, 0.3) is 0 Å². The molecule has 3 atom stereocenters. The first kappa shape index (κ1) is 17.8. The Morgan fingerprint density at radius 2 is 1.60 bits per heavy atom. The van der Waals surface area contributed by atoms with Crippen LogP contribution in [0, 0.1) is 17.8 Å². The maximum Gasteiger partial charge on any atom is 0.228 e. The predicted octanol–water partition coefficient (Wildman–Crippen LogP) is 5.35. The summed E-state index contributed by atoms with van der Waals surface area (Å²) in [5, 5.41) is 3.11. The van der Waals surface area contributed by atoms with Crippen molar-refractivity contribution in [3.05, 3.63) is 48.6 Å². The fraction of sp³-hybridized carbons (Fsp3) is 0.500. The van der Waals surface area contributed by atoms with Crippen molar-refractivity contribution in [3.63, 3.8) is 0 Å². The van der Waals surface area contributed by atoms with Crippen LogP contribution in [0.5, 0.6) is 5.75 Å². The van der Waals surface area contributed by atoms with Crippen molar-refractivity contribution in [1.82, 2.24) is 0 Å². The van der Waals surface area contributed by atoms with Gasteiger partial charge in [-0.1, -0.05) is 36.4 Å². The molecular formula is C22H29NO2. The van der Waals surface area contributed by atoms with Gasteiger partial charge in [0.1, 0.15) is 5.75 Å². The van der Waals surface area contributed by atoms with E-state index in [-0.39, 0.29) is 11.8 Å². The maximum atomic E-state index is 12.8. The second kappa shape index (κ2) is 8.89. The molecule has 134 valence electrons. The van der Waals surface area contributed by atoms with E-state index in [1.165, 1.54) is 0 Å². The van der Waals surface area contributed by atoms with Gasteiger partial charge in [0.05, 0.1) is 12.3 Å². The molecule has 3 heteroatoms. The molecule has 25 heavy (non-hydrogen) atoms. The van der Waals surface area contributed by atoms with Crippen LogP contribution in [0.3, 0.4) is 0 Å². The van der Waals surface area contributed by atoms with Crippen LogP contribution >= 0.6 is 0 Å². The number of carbonyl (C=O) groups is 1. The lowest BCUT2D eigenvalue weighted by atomic mass is 10.1. The molecule has 2 aliphatic carbocycles. The first-order valence-corrected chi connectivity index (χ1v) is 9.64. The molecular weight excluding hydrogens is 310 g/mol. The second-order valence-corrected chi connectivity index (χ2v) is 6.95. The molecule has 1 fully saturated rings. The van der Waals surface area contributed by atoms with Gasteiger partial charge in [0.15, 0.2) is 0 Å². The van der Waals surface area contributed by atoms with Crippen LogP contribution < -0.4 is 10.1 Å². The monoisotopic (exact) mass is 339 g/mol. The molecule has 0 heterocycles. The molecule has 1 amide bonds. The number of carbonyl (C=O) groups excluding carboxylic acids is 1. The molecule has 1 aromatic rings. The highest BCUT2D eigenvalue weighted by atomic mass is 16.5. The Hall–Kier alpha value is -2.03. The summed E-state index contributed by atoms with van der Waals surface area (Å²) < 4.78 is 5.62. The first-order valence-electron chi connectivity index (χ1n) is 9.64. The van der Waals surface area contributed by atoms with Crippen molar-refractivity contribution >= 4 is 11.6 Å². The average Bonchev–Trinajstić information content (AvgIpc) is 3.29. The number of hydrogen-bond acceptors (Lipinski definition) is 2. The number of para-hydroxylation sites is 2. The van der Waals surface area contributed by atoms with Crippen molar-refractivity contribution in [2.75, 3.05) is 11.9 Å². The summed E-state index contributed by atoms with van der Waals surface area (Å²) in [7, 11) is 0. The quantitative estimate of drug-likeness (QED) is 0.751. The normalized spacial score (nSPS) is 28.6. The summed E-state index contributed by atoms with van der Waals surface area (Å²) in [6.45, 7) is 2.55. The van der Waals surface area contributed by atoms with Gasteiger partial charge in [-0.25, -0.2) is 0 Å². The van der Waals surface area contributed by atoms with Crippen LogP contribution in [0.4, 0.5) is 5.69 Å². The number of nitrogens with one attached hydrogen (secondary N) is 1. The third-order valence-corrected chi connectivity index (χ3v) is 5.25. The summed E-state index contributed by atoms with van der Waals surface area (Å²) in [6.07, 6.45) is 15.8. The van der Waals surface area contributed by atoms with Gasteiger partial charge in [0, 0.05) is 5.92 Å². The minimum absolute atomic E-state index is 0.150. The molecule has 0 aromatic heterocycles. The van der Waals surface area contributed by atoms with Gasteiger partial charge in [-0.15, -0.1) is 0 Å². The lowest BCUT2D eigenvalue weighted by molar-refractivity contribution is -0.117. The number of amides is 1. The van der Waals surface area contributed by atoms with Gasteiger partial charge in [-0.05, 0) is 69.4 Å². The molecule has 0 radical (unpaired) electrons. The fourth-order valence-electron chi connectivity index (χ4n) is 3.93. The van der Waals surface area contributed by atoms with E-state index in [4.69, 9.17) is 4.74 Å². The molecule has 0 spiro atoms. The van der Waals surface area contributed by atoms with E-state index in [1.54, 1.807) is 0 Å². The van der Waals surface area contributed by atoms with Crippen LogP contribution in [0.2, 0.25) is 0 Å². The zero-order chi connectivity index (χ0) is 17.5. The van der Waals surface area contributed by atoms with E-state index in [0.717, 1.165) is 50.0 Å². The number of ether oxygens (including phenoxy) is 1. The molecule has 3 nitrogen and oxygen atoms in total. The second-order valence-electron chi connectivity index (χ2n) is 6.95. The van der Waals surface area contributed by atoms with E-state index >= 15 is 0 Å². The fourth-order valence-corrected chi connectivity index (χ4v) is 3.93. The molecule has 1 N–H and O–H groups in total. The van der Waals surface area contributed by atoms with Crippen LogP contribution in [0.1, 0.15) is 45.4 Å². The molecule has 0 bridgehead atoms. The third kappa shape index (κ3) is 4.75. The molecule has 1 unspecified atom stereocenters. The third-order valence-electron chi connectivity index (χ3n) is 5.25. The topological polar surface area (TPSA) is 38.3 Å². The van der Waals surface area contributed by atoms with Crippen molar-refractivity contribution < 1.29 is 9.53 Å². The van der Waals surface area contributed by atoms with Crippen molar-refractivity contribution in [2.24, 2.45) is 17.8 Å². The smallest absolute Gasteiger partial charge is 0.228 e. The number of benzene rings is 1. The van der Waals surface area contributed by atoms with E-state index in [0.29, 0.717) is 18.4 Å². The summed E-state index contributed by atoms with van der Waals surface area (Å²) in [4.78, 5) is 12.8. The van der Waals surface area contributed by atoms with Crippen molar-refractivity contribution in [3.8, 4) is 5.75 Å². The minimum Gasteiger partial charge on any atom is -0.492 e. The Bertz CT molecular complexity index is 611. The Balaban J connectivity index is 1.64. The lowest BCUT2D eigenvalue weighted by Crippen LogP contribution is -2.16. The summed E-state index contributed by atoms with van der Waals surface area (Å²) in [6, 6.07) is 7.70. The molecule has 0 saturated heterocycles. The highest BCUT2D eigenvalue weighted by Crippen LogP contribution is 2.52. The number of rotatable bonds is 4. The maximum absolute atomic E-state index is 12.8. The van der Waals surface area contributed by atoms with Crippen molar-refractivity contribution in [2.45, 2.75) is 45.4 Å². The van der Waals surface area contributed by atoms with E-state index in [1.807, 2.05) is 31.2 Å². The molecule has 1 aromatic carbocycles. The van der Waals surface area contributed by atoms with Gasteiger partial charge in [0.2, 0.25) is 5.91 Å². The Kier molecular flexibility index (Phi) is 6.32. The number of fused-ring (bicyclic) bond motifs is 1. The van der Waals surface area contributed by atoms with Gasteiger partial charge < -0.3 is 10.1 Å².